The molecule has 0 aliphatic rings. The fourth-order valence-corrected chi connectivity index (χ4v) is 1.77. The van der Waals surface area contributed by atoms with Gasteiger partial charge in [0.2, 0.25) is 5.91 Å². The van der Waals surface area contributed by atoms with Crippen molar-refractivity contribution in [3.05, 3.63) is 24.3 Å². The molecule has 0 heterocycles. The van der Waals surface area contributed by atoms with Crippen LogP contribution in [0.3, 0.4) is 0 Å². The van der Waals surface area contributed by atoms with E-state index in [2.05, 4.69) is 10.6 Å². The van der Waals surface area contributed by atoms with Crippen molar-refractivity contribution in [3.8, 4) is 5.75 Å². The number of carbonyl (C=O) groups is 2. The van der Waals surface area contributed by atoms with Crippen LogP contribution in [0.4, 0.5) is 10.5 Å². The number of amides is 3. The van der Waals surface area contributed by atoms with E-state index in [0.29, 0.717) is 31.0 Å². The molecule has 1 rings (SSSR count). The molecule has 0 bridgehead atoms. The van der Waals surface area contributed by atoms with Gasteiger partial charge in [0.05, 0.1) is 0 Å². The molecule has 0 fully saturated rings. The number of halogens is 1. The Labute approximate surface area is 136 Å². The highest BCUT2D eigenvalue weighted by atomic mass is 35.5. The zero-order valence-corrected chi connectivity index (χ0v) is 13.3. The van der Waals surface area contributed by atoms with Gasteiger partial charge in [-0.1, -0.05) is 13.3 Å². The average Bonchev–Trinajstić information content (AvgIpc) is 2.45. The number of primary amides is 1. The molecular formula is C14H23ClN4O3. The van der Waals surface area contributed by atoms with Gasteiger partial charge in [0, 0.05) is 12.2 Å². The van der Waals surface area contributed by atoms with Crippen molar-refractivity contribution in [2.24, 2.45) is 11.5 Å². The predicted molar refractivity (Wildman–Crippen MR) is 88.3 cm³/mol. The second-order valence-corrected chi connectivity index (χ2v) is 4.50. The molecule has 7 nitrogen and oxygen atoms in total. The van der Waals surface area contributed by atoms with E-state index in [1.807, 2.05) is 6.92 Å². The molecule has 0 radical (unpaired) electrons. The van der Waals surface area contributed by atoms with Crippen molar-refractivity contribution < 1.29 is 14.3 Å². The minimum absolute atomic E-state index is 0. The van der Waals surface area contributed by atoms with E-state index >= 15 is 0 Å². The van der Waals surface area contributed by atoms with Crippen molar-refractivity contribution in [3.63, 3.8) is 0 Å². The molecule has 0 aliphatic carbocycles. The highest BCUT2D eigenvalue weighted by Gasteiger charge is 2.18. The van der Waals surface area contributed by atoms with Gasteiger partial charge < -0.3 is 26.8 Å². The molecule has 0 saturated heterocycles. The first-order chi connectivity index (χ1) is 10.1. The Morgan fingerprint density at radius 3 is 2.41 bits per heavy atom. The fourth-order valence-electron chi connectivity index (χ4n) is 1.77. The second-order valence-electron chi connectivity index (χ2n) is 4.50. The zero-order chi connectivity index (χ0) is 15.7. The predicted octanol–water partition coefficient (Wildman–Crippen LogP) is 1.22. The van der Waals surface area contributed by atoms with Crippen LogP contribution in [0.5, 0.6) is 5.75 Å². The second kappa shape index (κ2) is 10.7. The first-order valence-corrected chi connectivity index (χ1v) is 6.86. The van der Waals surface area contributed by atoms with Crippen LogP contribution in [0.1, 0.15) is 19.8 Å². The van der Waals surface area contributed by atoms with Crippen LogP contribution in [0.2, 0.25) is 0 Å². The maximum Gasteiger partial charge on any atom is 0.312 e. The first kappa shape index (κ1) is 20.0. The molecule has 22 heavy (non-hydrogen) atoms. The minimum atomic E-state index is -0.714. The molecule has 1 aromatic carbocycles. The van der Waals surface area contributed by atoms with E-state index in [4.69, 9.17) is 16.2 Å². The Morgan fingerprint density at radius 1 is 1.27 bits per heavy atom. The van der Waals surface area contributed by atoms with Crippen LogP contribution < -0.4 is 26.8 Å². The summed E-state index contributed by atoms with van der Waals surface area (Å²) in [7, 11) is 0. The Hall–Kier alpha value is -1.99. The van der Waals surface area contributed by atoms with Crippen LogP contribution in [-0.2, 0) is 4.79 Å². The molecule has 0 aromatic heterocycles. The molecular weight excluding hydrogens is 308 g/mol. The van der Waals surface area contributed by atoms with Crippen LogP contribution in [0.25, 0.3) is 0 Å². The Balaban J connectivity index is 0.00000441. The normalized spacial score (nSPS) is 11.0. The van der Waals surface area contributed by atoms with E-state index in [1.165, 1.54) is 0 Å². The lowest BCUT2D eigenvalue weighted by atomic mass is 10.1. The molecule has 3 amide bonds. The highest BCUT2D eigenvalue weighted by Crippen LogP contribution is 2.16. The van der Waals surface area contributed by atoms with E-state index in [9.17, 15) is 9.59 Å². The van der Waals surface area contributed by atoms with Gasteiger partial charge in [-0.05, 0) is 30.7 Å². The largest absolute Gasteiger partial charge is 0.492 e. The fraction of sp³-hybridized carbons (Fsp3) is 0.429. The number of urea groups is 1. The van der Waals surface area contributed by atoms with Gasteiger partial charge in [0.15, 0.2) is 0 Å². The molecule has 124 valence electrons. The molecule has 1 atom stereocenters. The zero-order valence-electron chi connectivity index (χ0n) is 12.5. The standard InChI is InChI=1S/C14H22N4O3.ClH/c1-2-3-12(18-14(16)20)13(19)17-10-4-6-11(7-5-10)21-9-8-15;/h4-7,12H,2-3,8-9,15H2,1H3,(H,17,19)(H3,16,18,20);1H/t12-;/m1./s1. The number of nitrogens with one attached hydrogen (secondary N) is 2. The van der Waals surface area contributed by atoms with Crippen molar-refractivity contribution >= 4 is 30.0 Å². The summed E-state index contributed by atoms with van der Waals surface area (Å²) < 4.78 is 5.34. The summed E-state index contributed by atoms with van der Waals surface area (Å²) >= 11 is 0. The van der Waals surface area contributed by atoms with Crippen LogP contribution in [0, 0.1) is 0 Å². The number of rotatable bonds is 8. The quantitative estimate of drug-likeness (QED) is 0.573. The Morgan fingerprint density at radius 2 is 1.91 bits per heavy atom. The lowest BCUT2D eigenvalue weighted by molar-refractivity contribution is -0.118. The van der Waals surface area contributed by atoms with Crippen molar-refractivity contribution in [2.75, 3.05) is 18.5 Å². The number of carbonyl (C=O) groups excluding carboxylic acids is 2. The van der Waals surface area contributed by atoms with Gasteiger partial charge in [-0.3, -0.25) is 4.79 Å². The number of anilines is 1. The smallest absolute Gasteiger partial charge is 0.312 e. The monoisotopic (exact) mass is 330 g/mol. The van der Waals surface area contributed by atoms with Gasteiger partial charge in [-0.2, -0.15) is 0 Å². The maximum atomic E-state index is 12.1. The minimum Gasteiger partial charge on any atom is -0.492 e. The third-order valence-electron chi connectivity index (χ3n) is 2.72. The third-order valence-corrected chi connectivity index (χ3v) is 2.72. The number of benzene rings is 1. The van der Waals surface area contributed by atoms with Crippen molar-refractivity contribution in [2.45, 2.75) is 25.8 Å². The van der Waals surface area contributed by atoms with E-state index in [1.54, 1.807) is 24.3 Å². The van der Waals surface area contributed by atoms with Gasteiger partial charge >= 0.3 is 6.03 Å². The average molecular weight is 331 g/mol. The summed E-state index contributed by atoms with van der Waals surface area (Å²) in [4.78, 5) is 23.0. The summed E-state index contributed by atoms with van der Waals surface area (Å²) in [5.41, 5.74) is 11.0. The van der Waals surface area contributed by atoms with Crippen LogP contribution in [0.15, 0.2) is 24.3 Å². The lowest BCUT2D eigenvalue weighted by Crippen LogP contribution is -2.46. The van der Waals surface area contributed by atoms with Gasteiger partial charge in [0.1, 0.15) is 18.4 Å². The van der Waals surface area contributed by atoms with Gasteiger partial charge in [0.25, 0.3) is 0 Å². The summed E-state index contributed by atoms with van der Waals surface area (Å²) in [6.07, 6.45) is 1.27. The van der Waals surface area contributed by atoms with E-state index in [-0.39, 0.29) is 18.3 Å². The first-order valence-electron chi connectivity index (χ1n) is 6.86. The molecule has 0 saturated carbocycles. The third kappa shape index (κ3) is 7.14. The Bertz CT molecular complexity index is 468. The van der Waals surface area contributed by atoms with Gasteiger partial charge in [-0.25, -0.2) is 4.79 Å². The van der Waals surface area contributed by atoms with Crippen molar-refractivity contribution in [1.29, 1.82) is 0 Å². The highest BCUT2D eigenvalue weighted by molar-refractivity contribution is 5.96. The maximum absolute atomic E-state index is 12.1. The summed E-state index contributed by atoms with van der Waals surface area (Å²) in [6, 6.07) is 5.56. The molecule has 0 unspecified atom stereocenters. The molecule has 6 N–H and O–H groups in total. The van der Waals surface area contributed by atoms with Crippen LogP contribution >= 0.6 is 12.4 Å². The molecule has 1 aromatic rings. The summed E-state index contributed by atoms with van der Waals surface area (Å²) in [6.45, 7) is 2.80. The van der Waals surface area contributed by atoms with E-state index < -0.39 is 12.1 Å². The lowest BCUT2D eigenvalue weighted by Gasteiger charge is -2.16. The summed E-state index contributed by atoms with van der Waals surface area (Å²) in [5.74, 6) is 0.380. The van der Waals surface area contributed by atoms with Gasteiger partial charge in [-0.15, -0.1) is 12.4 Å². The number of hydrogen-bond donors (Lipinski definition) is 4. The van der Waals surface area contributed by atoms with Crippen LogP contribution in [-0.4, -0.2) is 31.1 Å². The van der Waals surface area contributed by atoms with E-state index in [0.717, 1.165) is 6.42 Å². The summed E-state index contributed by atoms with van der Waals surface area (Å²) in [5, 5.41) is 5.15. The Kier molecular flexibility index (Phi) is 9.73. The molecule has 0 aliphatic heterocycles. The molecule has 0 spiro atoms. The molecule has 8 heteroatoms. The topological polar surface area (TPSA) is 119 Å². The van der Waals surface area contributed by atoms with Crippen molar-refractivity contribution in [1.82, 2.24) is 5.32 Å². The number of nitrogens with two attached hydrogens (primary N) is 2. The SMILES string of the molecule is CCC[C@@H](NC(N)=O)C(=O)Nc1ccc(OCCN)cc1.Cl. The number of ether oxygens (including phenoxy) is 1. The number of hydrogen-bond acceptors (Lipinski definition) is 4.